The molecule has 0 amide bonds. The summed E-state index contributed by atoms with van der Waals surface area (Å²) in [5.41, 5.74) is 0. The van der Waals surface area contributed by atoms with Gasteiger partial charge in [-0.2, -0.15) is 8.42 Å². The first kappa shape index (κ1) is 69.4. The van der Waals surface area contributed by atoms with Crippen molar-refractivity contribution in [1.29, 1.82) is 0 Å². The van der Waals surface area contributed by atoms with E-state index in [1.165, 1.54) is 231 Å². The van der Waals surface area contributed by atoms with Crippen LogP contribution in [0.4, 0.5) is 0 Å². The minimum atomic E-state index is -4.61. The van der Waals surface area contributed by atoms with E-state index in [-0.39, 0.29) is 19.4 Å². The van der Waals surface area contributed by atoms with Gasteiger partial charge in [0.25, 0.3) is 10.1 Å². The number of allylic oxidation sites excluding steroid dienone is 2. The zero-order chi connectivity index (χ0) is 53.3. The maximum Gasteiger partial charge on any atom is 0.306 e. The number of hydrogen-bond acceptors (Lipinski definition) is 11. The molecule has 0 aromatic heterocycles. The van der Waals surface area contributed by atoms with Crippen LogP contribution in [-0.4, -0.2) is 96.0 Å². The van der Waals surface area contributed by atoms with Crippen LogP contribution in [0.2, 0.25) is 0 Å². The van der Waals surface area contributed by atoms with E-state index in [1.54, 1.807) is 0 Å². The summed E-state index contributed by atoms with van der Waals surface area (Å²) in [6.45, 7) is 3.82. The van der Waals surface area contributed by atoms with Crippen molar-refractivity contribution >= 4 is 22.1 Å². The van der Waals surface area contributed by atoms with E-state index >= 15 is 0 Å². The van der Waals surface area contributed by atoms with Crippen molar-refractivity contribution in [3.63, 3.8) is 0 Å². The average molecular weight is 1060 g/mol. The van der Waals surface area contributed by atoms with Crippen LogP contribution in [-0.2, 0) is 38.7 Å². The van der Waals surface area contributed by atoms with Crippen LogP contribution in [0.15, 0.2) is 12.2 Å². The Bertz CT molecular complexity index is 1380. The second kappa shape index (κ2) is 49.9. The quantitative estimate of drug-likeness (QED) is 0.0196. The van der Waals surface area contributed by atoms with E-state index < -0.39 is 71.2 Å². The molecule has 0 aliphatic carbocycles. The summed E-state index contributed by atoms with van der Waals surface area (Å²) in [5.74, 6) is -2.00. The number of esters is 2. The van der Waals surface area contributed by atoms with Gasteiger partial charge in [-0.1, -0.05) is 270 Å². The molecule has 1 saturated heterocycles. The summed E-state index contributed by atoms with van der Waals surface area (Å²) in [6.07, 6.45) is 49.9. The van der Waals surface area contributed by atoms with Crippen molar-refractivity contribution in [2.45, 2.75) is 340 Å². The average Bonchev–Trinajstić information content (AvgIpc) is 3.36. The predicted octanol–water partition coefficient (Wildman–Crippen LogP) is 15.3. The van der Waals surface area contributed by atoms with Crippen LogP contribution in [0, 0.1) is 0 Å². The summed E-state index contributed by atoms with van der Waals surface area (Å²) in [5, 5.41) is 31.1. The Morgan fingerprint density at radius 3 is 1.18 bits per heavy atom. The highest BCUT2D eigenvalue weighted by atomic mass is 32.2. The molecule has 1 heterocycles. The van der Waals surface area contributed by atoms with Crippen LogP contribution < -0.4 is 0 Å². The standard InChI is InChI=1S/C60H114O12S/c1-3-5-7-9-11-13-15-17-19-21-23-25-27-29-30-32-34-36-38-40-42-44-46-48-55(61)69-50-53(51-70-60-59(65)58(64)57(63)54(72-60)52-73(66,67)68)71-56(62)49-47-45-43-41-39-37-35-33-31-28-26-24-22-20-18-16-14-12-10-8-6-4-2/h40,42,53-54,57-60,63-65H,3-39,41,43-52H2,1-2H3,(H,66,67,68)/b42-40+/t53-,54-,57-,58?,59?,60+/m1/s1. The number of carbonyl (C=O) groups is 2. The fraction of sp³-hybridized carbons (Fsp3) is 0.933. The van der Waals surface area contributed by atoms with Gasteiger partial charge in [0.15, 0.2) is 12.4 Å². The molecule has 1 aliphatic rings. The second-order valence-electron chi connectivity index (χ2n) is 21.7. The fourth-order valence-electron chi connectivity index (χ4n) is 9.86. The molecule has 0 saturated carbocycles. The first-order valence-electron chi connectivity index (χ1n) is 30.7. The van der Waals surface area contributed by atoms with E-state index in [0.29, 0.717) is 12.8 Å². The van der Waals surface area contributed by atoms with Gasteiger partial charge in [0.05, 0.1) is 6.61 Å². The zero-order valence-corrected chi connectivity index (χ0v) is 47.8. The Morgan fingerprint density at radius 1 is 0.452 bits per heavy atom. The highest BCUT2D eigenvalue weighted by Gasteiger charge is 2.46. The van der Waals surface area contributed by atoms with Gasteiger partial charge in [-0.25, -0.2) is 0 Å². The zero-order valence-electron chi connectivity index (χ0n) is 47.0. The molecule has 432 valence electrons. The lowest BCUT2D eigenvalue weighted by Crippen LogP contribution is -2.60. The Kier molecular flexibility index (Phi) is 47.5. The maximum atomic E-state index is 12.9. The molecular weight excluding hydrogens is 945 g/mol. The summed E-state index contributed by atoms with van der Waals surface area (Å²) in [6, 6.07) is 0. The molecule has 1 fully saturated rings. The van der Waals surface area contributed by atoms with Crippen molar-refractivity contribution in [1.82, 2.24) is 0 Å². The third kappa shape index (κ3) is 44.1. The molecular formula is C60H114O12S. The van der Waals surface area contributed by atoms with Gasteiger partial charge in [-0.15, -0.1) is 0 Å². The van der Waals surface area contributed by atoms with Gasteiger partial charge in [0, 0.05) is 12.8 Å². The van der Waals surface area contributed by atoms with Gasteiger partial charge in [0.2, 0.25) is 0 Å². The largest absolute Gasteiger partial charge is 0.462 e. The van der Waals surface area contributed by atoms with Crippen molar-refractivity contribution in [3.05, 3.63) is 12.2 Å². The summed E-state index contributed by atoms with van der Waals surface area (Å²) in [7, 11) is -4.61. The number of carbonyl (C=O) groups excluding carboxylic acids is 2. The molecule has 12 nitrogen and oxygen atoms in total. The van der Waals surface area contributed by atoms with Crippen molar-refractivity contribution < 1.29 is 56.8 Å². The molecule has 6 atom stereocenters. The molecule has 4 N–H and O–H groups in total. The van der Waals surface area contributed by atoms with Crippen molar-refractivity contribution in [2.75, 3.05) is 19.0 Å². The summed E-state index contributed by atoms with van der Waals surface area (Å²) in [4.78, 5) is 25.6. The maximum absolute atomic E-state index is 12.9. The van der Waals surface area contributed by atoms with Crippen LogP contribution in [0.3, 0.4) is 0 Å². The number of aliphatic hydroxyl groups excluding tert-OH is 3. The third-order valence-corrected chi connectivity index (χ3v) is 15.3. The van der Waals surface area contributed by atoms with Gasteiger partial charge in [-0.05, 0) is 32.1 Å². The Labute approximate surface area is 447 Å². The van der Waals surface area contributed by atoms with E-state index in [0.717, 1.165) is 32.1 Å². The van der Waals surface area contributed by atoms with Gasteiger partial charge >= 0.3 is 11.9 Å². The first-order valence-corrected chi connectivity index (χ1v) is 32.4. The molecule has 0 spiro atoms. The van der Waals surface area contributed by atoms with Crippen LogP contribution in [0.5, 0.6) is 0 Å². The third-order valence-electron chi connectivity index (χ3n) is 14.6. The molecule has 0 radical (unpaired) electrons. The van der Waals surface area contributed by atoms with Gasteiger partial charge < -0.3 is 34.3 Å². The molecule has 0 aromatic carbocycles. The molecule has 1 aliphatic heterocycles. The van der Waals surface area contributed by atoms with Crippen molar-refractivity contribution in [2.24, 2.45) is 0 Å². The predicted molar refractivity (Wildman–Crippen MR) is 298 cm³/mol. The first-order chi connectivity index (χ1) is 35.5. The highest BCUT2D eigenvalue weighted by molar-refractivity contribution is 7.85. The van der Waals surface area contributed by atoms with E-state index in [1.807, 2.05) is 0 Å². The van der Waals surface area contributed by atoms with Gasteiger partial charge in [-0.3, -0.25) is 14.1 Å². The number of ether oxygens (including phenoxy) is 4. The number of unbranched alkanes of at least 4 members (excludes halogenated alkanes) is 40. The molecule has 0 bridgehead atoms. The van der Waals surface area contributed by atoms with Crippen LogP contribution in [0.1, 0.15) is 303 Å². The fourth-order valence-corrected chi connectivity index (χ4v) is 10.6. The molecule has 13 heteroatoms. The van der Waals surface area contributed by atoms with Crippen LogP contribution in [0.25, 0.3) is 0 Å². The monoisotopic (exact) mass is 1060 g/mol. The minimum absolute atomic E-state index is 0.166. The lowest BCUT2D eigenvalue weighted by atomic mass is 10.00. The van der Waals surface area contributed by atoms with Crippen molar-refractivity contribution in [3.8, 4) is 0 Å². The summed E-state index contributed by atoms with van der Waals surface area (Å²) >= 11 is 0. The minimum Gasteiger partial charge on any atom is -0.462 e. The summed E-state index contributed by atoms with van der Waals surface area (Å²) < 4.78 is 54.4. The van der Waals surface area contributed by atoms with Crippen LogP contribution >= 0.6 is 0 Å². The van der Waals surface area contributed by atoms with E-state index in [2.05, 4.69) is 26.0 Å². The number of aliphatic hydroxyl groups is 3. The normalized spacial score (nSPS) is 18.7. The lowest BCUT2D eigenvalue weighted by Gasteiger charge is -2.40. The molecule has 2 unspecified atom stereocenters. The van der Waals surface area contributed by atoms with E-state index in [9.17, 15) is 37.9 Å². The molecule has 73 heavy (non-hydrogen) atoms. The van der Waals surface area contributed by atoms with E-state index in [4.69, 9.17) is 18.9 Å². The number of hydrogen-bond donors (Lipinski definition) is 4. The second-order valence-corrected chi connectivity index (χ2v) is 23.2. The SMILES string of the molecule is CCCCCCCCCCCCCCCCCCCC/C=C/CCCC(=O)OC[C@H](CO[C@H]1O[C@H](CS(=O)(=O)O)[C@@H](O)C(O)C1O)OC(=O)CCCCCCCCCCCCCCCCCCCCCCCC. The Balaban J connectivity index is 2.28. The number of rotatable bonds is 54. The molecule has 0 aromatic rings. The smallest absolute Gasteiger partial charge is 0.306 e. The Hall–Kier alpha value is -1.61. The topological polar surface area (TPSA) is 186 Å². The Morgan fingerprint density at radius 2 is 0.795 bits per heavy atom. The highest BCUT2D eigenvalue weighted by Crippen LogP contribution is 2.24. The van der Waals surface area contributed by atoms with Gasteiger partial charge in [0.1, 0.15) is 36.8 Å². The lowest BCUT2D eigenvalue weighted by molar-refractivity contribution is -0.297. The molecule has 1 rings (SSSR count).